The lowest BCUT2D eigenvalue weighted by atomic mass is 9.34. The molecule has 0 atom stereocenters. The summed E-state index contributed by atoms with van der Waals surface area (Å²) in [6, 6.07) is 126. The lowest BCUT2D eigenvalue weighted by Crippen LogP contribution is -2.57. The fraction of sp³-hybridized carbons (Fsp3) is 0.0857. The number of benzene rings is 16. The fourth-order valence-corrected chi connectivity index (χ4v) is 22.0. The first-order valence-electron chi connectivity index (χ1n) is 40.7. The first-order chi connectivity index (χ1) is 57.2. The van der Waals surface area contributed by atoms with Gasteiger partial charge in [-0.25, -0.2) is 0 Å². The van der Waals surface area contributed by atoms with Gasteiger partial charge in [0, 0.05) is 68.1 Å². The Bertz CT molecular complexity index is 6880. The van der Waals surface area contributed by atoms with Crippen molar-refractivity contribution in [3.8, 4) is 90.5 Å². The zero-order valence-electron chi connectivity index (χ0n) is 64.2. The zero-order chi connectivity index (χ0) is 76.7. The largest absolute Gasteiger partial charge is 0.458 e. The summed E-state index contributed by atoms with van der Waals surface area (Å²) in [4.78, 5) is 4.76. The molecule has 1 fully saturated rings. The molecule has 8 nitrogen and oxygen atoms in total. The molecule has 552 valence electrons. The molecule has 0 N–H and O–H groups in total. The number of fused-ring (bicyclic) bond motifs is 14. The third kappa shape index (κ3) is 11.3. The maximum Gasteiger partial charge on any atom is 0.260 e. The van der Waals surface area contributed by atoms with Gasteiger partial charge in [0.2, 0.25) is 0 Å². The molecule has 5 aliphatic rings. The van der Waals surface area contributed by atoms with Crippen LogP contribution in [-0.4, -0.2) is 21.5 Å². The molecule has 18 aromatic rings. The third-order valence-electron chi connectivity index (χ3n) is 25.1. The summed E-state index contributed by atoms with van der Waals surface area (Å²) in [5, 5.41) is 5.59. The second-order valence-corrected chi connectivity index (χ2v) is 37.1. The number of ether oxygens (including phenoxy) is 4. The van der Waals surface area contributed by atoms with E-state index < -0.39 is 8.07 Å². The minimum atomic E-state index is -2.34. The number of hydrogen-bond donors (Lipinski definition) is 0. The van der Waals surface area contributed by atoms with E-state index in [1.165, 1.54) is 41.1 Å². The van der Waals surface area contributed by atoms with E-state index in [0.29, 0.717) is 5.92 Å². The van der Waals surface area contributed by atoms with Crippen LogP contribution in [0.3, 0.4) is 0 Å². The molecular weight excluding hydrogens is 1430 g/mol. The number of furan rings is 2. The summed E-state index contributed by atoms with van der Waals surface area (Å²) in [6.45, 7) is 4.68. The predicted molar refractivity (Wildman–Crippen MR) is 481 cm³/mol. The van der Waals surface area contributed by atoms with Crippen LogP contribution in [-0.2, 0) is 6.04 Å². The average Bonchev–Trinajstić information content (AvgIpc) is 0.836. The van der Waals surface area contributed by atoms with E-state index in [2.05, 4.69) is 363 Å². The van der Waals surface area contributed by atoms with Crippen LogP contribution in [0.4, 0.5) is 34.1 Å². The van der Waals surface area contributed by atoms with E-state index in [1.54, 1.807) is 0 Å². The minimum Gasteiger partial charge on any atom is -0.458 e. The number of nitrogens with zero attached hydrogens (tertiary/aromatic N) is 2. The topological polar surface area (TPSA) is 69.7 Å². The summed E-state index contributed by atoms with van der Waals surface area (Å²) in [5.74, 6) is 6.74. The highest BCUT2D eigenvalue weighted by Gasteiger charge is 2.44. The molecule has 116 heavy (non-hydrogen) atoms. The summed E-state index contributed by atoms with van der Waals surface area (Å²) >= 11 is 0. The Morgan fingerprint density at radius 1 is 0.310 bits per heavy atom. The Hall–Kier alpha value is -13.7. The molecule has 2 aromatic heterocycles. The fourth-order valence-electron chi connectivity index (χ4n) is 19.5. The van der Waals surface area contributed by atoms with Crippen molar-refractivity contribution in [2.75, 3.05) is 9.80 Å². The van der Waals surface area contributed by atoms with Crippen molar-refractivity contribution < 1.29 is 27.8 Å². The Morgan fingerprint density at radius 2 is 0.707 bits per heavy atom. The van der Waals surface area contributed by atoms with E-state index in [1.807, 2.05) is 6.07 Å². The smallest absolute Gasteiger partial charge is 0.260 e. The van der Waals surface area contributed by atoms with Crippen LogP contribution in [0.25, 0.3) is 88.4 Å². The number of para-hydroxylation sites is 5. The number of anilines is 6. The van der Waals surface area contributed by atoms with Crippen LogP contribution in [0.1, 0.15) is 49.1 Å². The van der Waals surface area contributed by atoms with Gasteiger partial charge < -0.3 is 37.6 Å². The molecule has 4 aliphatic heterocycles. The molecule has 0 bridgehead atoms. The Morgan fingerprint density at radius 3 is 1.21 bits per heavy atom. The first-order valence-corrected chi connectivity index (χ1v) is 43.9. The molecule has 0 spiro atoms. The standard InChI is InChI=1S/C105H76B2N2O6Si/c1-116(2,78-51-49-75(50-52-78)108(90-41-23-38-83-81-36-18-21-43-92(81)114-104(83)90)76-61-98-102-99(62-76)111-95-58-71(67-27-9-4-10-28-67)46-54-86(95)106(102)85-53-45-70(57-94(85)110-98)66-25-7-3-8-26-66)65-74-33-15-16-34-79(74)73-48-56-88-97(60-73)113-101-64-77(63-100-103(101)107(88)87-55-47-72(59-96(87)112-100)68-29-11-5-12-30-68)109(89-40-20-17-35-80(89)69-31-13-6-14-32-69)91-42-24-39-84-82-37-19-22-44-93(82)115-105(84)91/h3-5,7-12,15-30,33-64,69H,6,13-14,31-32,65H2,1-2H3. The van der Waals surface area contributed by atoms with Crippen molar-refractivity contribution in [1.82, 2.24) is 0 Å². The van der Waals surface area contributed by atoms with Gasteiger partial charge in [0.05, 0.1) is 30.8 Å². The van der Waals surface area contributed by atoms with Crippen molar-refractivity contribution in [1.29, 1.82) is 0 Å². The van der Waals surface area contributed by atoms with Gasteiger partial charge in [-0.3, -0.25) is 0 Å². The number of hydrogen-bond acceptors (Lipinski definition) is 8. The molecule has 16 aromatic carbocycles. The van der Waals surface area contributed by atoms with Crippen LogP contribution in [0.5, 0.6) is 46.0 Å². The summed E-state index contributed by atoms with van der Waals surface area (Å²) in [6.07, 6.45) is 5.99. The van der Waals surface area contributed by atoms with E-state index in [9.17, 15) is 0 Å². The SMILES string of the molecule is C[Si](C)(Cc1ccccc1-c1ccc2c(c1)Oc1cc(N(c3ccccc3C3CCCCC3)c3cccc4c3oc3ccccc34)cc3c1B2c1ccc(-c2ccccc2)cc1O3)c1ccc(N(c2cc3c4c(c2)Oc2cc(-c5ccccc5)ccc2B4c2ccc(-c4ccccc4)cc2O3)c2cccc3c2oc2ccccc23)cc1. The van der Waals surface area contributed by atoms with Gasteiger partial charge in [-0.15, -0.1) is 0 Å². The van der Waals surface area contributed by atoms with Crippen molar-refractivity contribution in [2.45, 2.75) is 57.2 Å². The van der Waals surface area contributed by atoms with Gasteiger partial charge in [0.25, 0.3) is 13.4 Å². The van der Waals surface area contributed by atoms with E-state index in [-0.39, 0.29) is 13.4 Å². The second-order valence-electron chi connectivity index (χ2n) is 32.4. The Balaban J connectivity index is 0.623. The normalized spacial score (nSPS) is 13.7. The maximum atomic E-state index is 7.55. The Labute approximate surface area is 675 Å². The van der Waals surface area contributed by atoms with Crippen molar-refractivity contribution in [3.05, 3.63) is 357 Å². The molecule has 1 aliphatic carbocycles. The molecule has 6 heterocycles. The van der Waals surface area contributed by atoms with Crippen molar-refractivity contribution in [2.24, 2.45) is 0 Å². The molecule has 0 radical (unpaired) electrons. The van der Waals surface area contributed by atoms with Gasteiger partial charge in [0.1, 0.15) is 57.2 Å². The van der Waals surface area contributed by atoms with Crippen LogP contribution >= 0.6 is 0 Å². The van der Waals surface area contributed by atoms with E-state index in [0.717, 1.165) is 215 Å². The van der Waals surface area contributed by atoms with Crippen LogP contribution in [0.2, 0.25) is 13.1 Å². The van der Waals surface area contributed by atoms with E-state index >= 15 is 0 Å². The summed E-state index contributed by atoms with van der Waals surface area (Å²) in [7, 11) is -2.34. The quantitative estimate of drug-likeness (QED) is 0.0998. The monoisotopic (exact) mass is 1510 g/mol. The highest BCUT2D eigenvalue weighted by atomic mass is 28.3. The van der Waals surface area contributed by atoms with Crippen molar-refractivity contribution >= 4 is 137 Å². The molecule has 1 saturated carbocycles. The molecule has 0 unspecified atom stereocenters. The summed E-state index contributed by atoms with van der Waals surface area (Å²) in [5.41, 5.74) is 27.1. The van der Waals surface area contributed by atoms with E-state index in [4.69, 9.17) is 27.8 Å². The van der Waals surface area contributed by atoms with Crippen LogP contribution in [0.15, 0.2) is 355 Å². The van der Waals surface area contributed by atoms with Gasteiger partial charge in [-0.2, -0.15) is 0 Å². The van der Waals surface area contributed by atoms with Gasteiger partial charge >= 0.3 is 0 Å². The average molecular weight is 1510 g/mol. The zero-order valence-corrected chi connectivity index (χ0v) is 65.2. The lowest BCUT2D eigenvalue weighted by molar-refractivity contribution is 0.444. The molecule has 11 heteroatoms. The van der Waals surface area contributed by atoms with Crippen LogP contribution in [0, 0.1) is 0 Å². The van der Waals surface area contributed by atoms with Gasteiger partial charge in [-0.1, -0.05) is 292 Å². The highest BCUT2D eigenvalue weighted by molar-refractivity contribution is 6.99. The molecule has 23 rings (SSSR count). The molecular formula is C105H76B2N2O6Si. The predicted octanol–water partition coefficient (Wildman–Crippen LogP) is 24.3. The number of rotatable bonds is 14. The minimum absolute atomic E-state index is 0.148. The molecule has 0 amide bonds. The third-order valence-corrected chi connectivity index (χ3v) is 28.3. The van der Waals surface area contributed by atoms with Crippen molar-refractivity contribution in [3.63, 3.8) is 0 Å². The maximum absolute atomic E-state index is 7.55. The highest BCUT2D eigenvalue weighted by Crippen LogP contribution is 2.52. The lowest BCUT2D eigenvalue weighted by Gasteiger charge is -2.36. The van der Waals surface area contributed by atoms with Crippen LogP contribution < -0.4 is 66.7 Å². The summed E-state index contributed by atoms with van der Waals surface area (Å²) < 4.78 is 43.4. The first kappa shape index (κ1) is 67.9. The molecule has 0 saturated heterocycles. The van der Waals surface area contributed by atoms with Gasteiger partial charge in [-0.05, 0) is 169 Å². The second kappa shape index (κ2) is 27.3. The van der Waals surface area contributed by atoms with Gasteiger partial charge in [0.15, 0.2) is 11.2 Å². The Kier molecular flexibility index (Phi) is 16.0.